The van der Waals surface area contributed by atoms with Crippen LogP contribution in [0.3, 0.4) is 0 Å². The summed E-state index contributed by atoms with van der Waals surface area (Å²) in [5, 5.41) is 12.7. The lowest BCUT2D eigenvalue weighted by atomic mass is 10.2. The molecule has 3 rings (SSSR count). The number of carbonyl (C=O) groups is 1. The van der Waals surface area contributed by atoms with Gasteiger partial charge in [0.2, 0.25) is 5.91 Å². The molecule has 0 unspecified atom stereocenters. The van der Waals surface area contributed by atoms with E-state index in [1.54, 1.807) is 6.07 Å². The molecule has 2 aromatic carbocycles. The predicted octanol–water partition coefficient (Wildman–Crippen LogP) is 4.88. The zero-order valence-electron chi connectivity index (χ0n) is 16.6. The Kier molecular flexibility index (Phi) is 7.17. The van der Waals surface area contributed by atoms with Crippen molar-refractivity contribution < 1.29 is 9.53 Å². The van der Waals surface area contributed by atoms with Gasteiger partial charge in [-0.2, -0.15) is 0 Å². The topological polar surface area (TPSA) is 69.0 Å². The molecule has 8 heteroatoms. The number of hydrogen-bond acceptors (Lipinski definition) is 5. The summed E-state index contributed by atoms with van der Waals surface area (Å²) in [6.07, 6.45) is 0. The van der Waals surface area contributed by atoms with Crippen LogP contribution in [0.5, 0.6) is 5.75 Å². The zero-order valence-corrected chi connectivity index (χ0v) is 18.2. The Morgan fingerprint density at radius 3 is 2.76 bits per heavy atom. The van der Waals surface area contributed by atoms with Crippen molar-refractivity contribution in [2.75, 3.05) is 11.1 Å². The fourth-order valence-electron chi connectivity index (χ4n) is 2.76. The molecular weight excluding hydrogens is 408 g/mol. The van der Waals surface area contributed by atoms with Gasteiger partial charge in [0.05, 0.1) is 5.75 Å². The maximum atomic E-state index is 12.3. The minimum absolute atomic E-state index is 0.122. The summed E-state index contributed by atoms with van der Waals surface area (Å²) in [6, 6.07) is 13.3. The third-order valence-electron chi connectivity index (χ3n) is 4.34. The molecule has 0 saturated heterocycles. The van der Waals surface area contributed by atoms with Gasteiger partial charge in [0.1, 0.15) is 12.4 Å². The average molecular weight is 431 g/mol. The van der Waals surface area contributed by atoms with Crippen molar-refractivity contribution in [3.05, 3.63) is 64.4 Å². The molecule has 6 nitrogen and oxygen atoms in total. The highest BCUT2D eigenvalue weighted by molar-refractivity contribution is 7.99. The Morgan fingerprint density at radius 1 is 1.21 bits per heavy atom. The van der Waals surface area contributed by atoms with Crippen molar-refractivity contribution in [2.24, 2.45) is 0 Å². The first-order valence-corrected chi connectivity index (χ1v) is 10.6. The van der Waals surface area contributed by atoms with E-state index in [9.17, 15) is 4.79 Å². The van der Waals surface area contributed by atoms with E-state index < -0.39 is 0 Å². The Labute approximate surface area is 179 Å². The first kappa shape index (κ1) is 21.2. The molecule has 1 aromatic heterocycles. The van der Waals surface area contributed by atoms with Crippen LogP contribution in [0.2, 0.25) is 5.02 Å². The van der Waals surface area contributed by atoms with Gasteiger partial charge in [-0.1, -0.05) is 41.6 Å². The van der Waals surface area contributed by atoms with Gasteiger partial charge in [-0.05, 0) is 56.2 Å². The molecule has 0 aliphatic carbocycles. The van der Waals surface area contributed by atoms with Crippen molar-refractivity contribution in [3.63, 3.8) is 0 Å². The minimum Gasteiger partial charge on any atom is -0.486 e. The zero-order chi connectivity index (χ0) is 20.8. The summed E-state index contributed by atoms with van der Waals surface area (Å²) < 4.78 is 7.79. The van der Waals surface area contributed by atoms with Crippen LogP contribution in [-0.4, -0.2) is 26.4 Å². The molecule has 0 fully saturated rings. The Bertz CT molecular complexity index is 1010. The van der Waals surface area contributed by atoms with E-state index in [-0.39, 0.29) is 11.7 Å². The summed E-state index contributed by atoms with van der Waals surface area (Å²) >= 11 is 7.45. The average Bonchev–Trinajstić information content (AvgIpc) is 3.10. The Morgan fingerprint density at radius 2 is 2.00 bits per heavy atom. The van der Waals surface area contributed by atoms with E-state index >= 15 is 0 Å². The lowest BCUT2D eigenvalue weighted by Crippen LogP contribution is -2.15. The molecular formula is C21H23ClN4O2S. The number of nitrogens with one attached hydrogen (secondary N) is 1. The largest absolute Gasteiger partial charge is 0.486 e. The molecule has 1 amide bonds. The van der Waals surface area contributed by atoms with Crippen LogP contribution in [0.1, 0.15) is 23.9 Å². The number of carbonyl (C=O) groups excluding carboxylic acids is 1. The van der Waals surface area contributed by atoms with Crippen molar-refractivity contribution >= 4 is 35.0 Å². The van der Waals surface area contributed by atoms with Crippen LogP contribution in [0.15, 0.2) is 47.6 Å². The smallest absolute Gasteiger partial charge is 0.234 e. The van der Waals surface area contributed by atoms with Gasteiger partial charge in [-0.3, -0.25) is 4.79 Å². The van der Waals surface area contributed by atoms with Crippen LogP contribution in [0, 0.1) is 13.8 Å². The molecule has 3 aromatic rings. The maximum absolute atomic E-state index is 12.3. The second kappa shape index (κ2) is 9.80. The Hall–Kier alpha value is -2.51. The summed E-state index contributed by atoms with van der Waals surface area (Å²) in [6.45, 7) is 6.92. The molecule has 1 N–H and O–H groups in total. The van der Waals surface area contributed by atoms with Crippen molar-refractivity contribution in [1.82, 2.24) is 14.8 Å². The number of ether oxygens (including phenoxy) is 1. The number of thioether (sulfide) groups is 1. The van der Waals surface area contributed by atoms with Gasteiger partial charge >= 0.3 is 0 Å². The molecule has 29 heavy (non-hydrogen) atoms. The number of hydrogen-bond donors (Lipinski definition) is 1. The summed E-state index contributed by atoms with van der Waals surface area (Å²) in [5.41, 5.74) is 2.70. The SMILES string of the molecule is CCn1c(COc2cccc(C)c2)nnc1SCC(=O)Nc1cccc(Cl)c1C. The molecule has 152 valence electrons. The van der Waals surface area contributed by atoms with E-state index in [1.807, 2.05) is 61.7 Å². The highest BCUT2D eigenvalue weighted by Gasteiger charge is 2.14. The first-order chi connectivity index (χ1) is 14.0. The van der Waals surface area contributed by atoms with Crippen LogP contribution in [0.4, 0.5) is 5.69 Å². The van der Waals surface area contributed by atoms with E-state index in [0.29, 0.717) is 29.0 Å². The number of aryl methyl sites for hydroxylation is 1. The molecule has 0 spiro atoms. The number of aromatic nitrogens is 3. The fraction of sp³-hybridized carbons (Fsp3) is 0.286. The molecule has 0 bridgehead atoms. The molecule has 0 saturated carbocycles. The molecule has 0 radical (unpaired) electrons. The standard InChI is InChI=1S/C21H23ClN4O2S/c1-4-26-19(12-28-16-8-5-7-14(2)11-16)24-25-21(26)29-13-20(27)23-18-10-6-9-17(22)15(18)3/h5-11H,4,12-13H2,1-3H3,(H,23,27). The monoisotopic (exact) mass is 430 g/mol. The third-order valence-corrected chi connectivity index (χ3v) is 5.72. The highest BCUT2D eigenvalue weighted by atomic mass is 35.5. The first-order valence-electron chi connectivity index (χ1n) is 9.27. The van der Waals surface area contributed by atoms with Gasteiger partial charge in [0.15, 0.2) is 11.0 Å². The number of benzene rings is 2. The van der Waals surface area contributed by atoms with Gasteiger partial charge in [0, 0.05) is 17.3 Å². The van der Waals surface area contributed by atoms with E-state index in [4.69, 9.17) is 16.3 Å². The van der Waals surface area contributed by atoms with Crippen molar-refractivity contribution in [2.45, 2.75) is 39.1 Å². The number of anilines is 1. The molecule has 0 aliphatic rings. The highest BCUT2D eigenvalue weighted by Crippen LogP contribution is 2.24. The number of nitrogens with zero attached hydrogens (tertiary/aromatic N) is 3. The second-order valence-electron chi connectivity index (χ2n) is 6.50. The van der Waals surface area contributed by atoms with E-state index in [0.717, 1.165) is 22.7 Å². The van der Waals surface area contributed by atoms with E-state index in [2.05, 4.69) is 15.5 Å². The van der Waals surface area contributed by atoms with Crippen LogP contribution >= 0.6 is 23.4 Å². The normalized spacial score (nSPS) is 10.8. The van der Waals surface area contributed by atoms with Gasteiger partial charge in [0.25, 0.3) is 0 Å². The third kappa shape index (κ3) is 5.52. The Balaban J connectivity index is 1.59. The number of rotatable bonds is 8. The van der Waals surface area contributed by atoms with Crippen LogP contribution in [-0.2, 0) is 17.9 Å². The van der Waals surface area contributed by atoms with Gasteiger partial charge < -0.3 is 14.6 Å². The number of halogens is 1. The molecule has 0 atom stereocenters. The molecule has 0 aliphatic heterocycles. The van der Waals surface area contributed by atoms with Crippen molar-refractivity contribution in [1.29, 1.82) is 0 Å². The molecule has 1 heterocycles. The van der Waals surface area contributed by atoms with Crippen LogP contribution < -0.4 is 10.1 Å². The van der Waals surface area contributed by atoms with Gasteiger partial charge in [-0.25, -0.2) is 0 Å². The van der Waals surface area contributed by atoms with E-state index in [1.165, 1.54) is 11.8 Å². The van der Waals surface area contributed by atoms with Crippen LogP contribution in [0.25, 0.3) is 0 Å². The fourth-order valence-corrected chi connectivity index (χ4v) is 3.76. The number of amides is 1. The summed E-state index contributed by atoms with van der Waals surface area (Å²) in [5.74, 6) is 1.62. The lowest BCUT2D eigenvalue weighted by Gasteiger charge is -2.10. The summed E-state index contributed by atoms with van der Waals surface area (Å²) in [7, 11) is 0. The second-order valence-corrected chi connectivity index (χ2v) is 7.85. The van der Waals surface area contributed by atoms with Gasteiger partial charge in [-0.15, -0.1) is 10.2 Å². The van der Waals surface area contributed by atoms with Crippen molar-refractivity contribution in [3.8, 4) is 5.75 Å². The lowest BCUT2D eigenvalue weighted by molar-refractivity contribution is -0.113. The minimum atomic E-state index is -0.122. The maximum Gasteiger partial charge on any atom is 0.234 e. The summed E-state index contributed by atoms with van der Waals surface area (Å²) in [4.78, 5) is 12.3. The quantitative estimate of drug-likeness (QED) is 0.516. The predicted molar refractivity (Wildman–Crippen MR) is 117 cm³/mol.